The molecule has 0 aliphatic carbocycles. The van der Waals surface area contributed by atoms with Crippen LogP contribution >= 0.6 is 0 Å². The number of carboxylic acid groups (broad SMARTS) is 2. The summed E-state index contributed by atoms with van der Waals surface area (Å²) in [6.45, 7) is -3.21. The second-order valence-corrected chi connectivity index (χ2v) is 36.0. The van der Waals surface area contributed by atoms with Crippen LogP contribution in [0.2, 0.25) is 0 Å². The van der Waals surface area contributed by atoms with E-state index >= 15 is 0 Å². The van der Waals surface area contributed by atoms with Crippen LogP contribution in [-0.4, -0.2) is 408 Å². The molecule has 6 fully saturated rings. The molecule has 26 N–H and O–H groups in total. The highest BCUT2D eigenvalue weighted by atomic mass is 16.8. The zero-order valence-electron chi connectivity index (χ0n) is 77.7. The predicted molar refractivity (Wildman–Crippen MR) is 469 cm³/mol. The number of allylic oxidation sites excluding steroid dienone is 3. The number of carbonyl (C=O) groups excluding carboxylic acids is 4. The van der Waals surface area contributed by atoms with Gasteiger partial charge in [-0.15, -0.1) is 0 Å². The lowest BCUT2D eigenvalue weighted by Gasteiger charge is -2.53. The lowest BCUT2D eigenvalue weighted by molar-refractivity contribution is -0.405. The van der Waals surface area contributed by atoms with Gasteiger partial charge in [0.25, 0.3) is 11.6 Å². The van der Waals surface area contributed by atoms with Crippen LogP contribution in [0.25, 0.3) is 0 Å². The van der Waals surface area contributed by atoms with Crippen LogP contribution in [0.4, 0.5) is 0 Å². The Morgan fingerprint density at radius 1 is 0.396 bits per heavy atom. The van der Waals surface area contributed by atoms with Crippen LogP contribution in [0.5, 0.6) is 0 Å². The van der Waals surface area contributed by atoms with E-state index in [0.717, 1.165) is 97.3 Å². The third-order valence-electron chi connectivity index (χ3n) is 25.3. The summed E-state index contributed by atoms with van der Waals surface area (Å²) in [5.74, 6) is -15.0. The molecule has 12 unspecified atom stereocenters. The van der Waals surface area contributed by atoms with Crippen molar-refractivity contribution in [2.45, 2.75) is 453 Å². The number of ether oxygens (including phenoxy) is 12. The quantitative estimate of drug-likeness (QED) is 0.0216. The van der Waals surface area contributed by atoms with Crippen molar-refractivity contribution in [3.63, 3.8) is 0 Å². The summed E-state index contributed by atoms with van der Waals surface area (Å²) in [6, 6.07) is -7.15. The van der Waals surface area contributed by atoms with Crippen molar-refractivity contribution in [2.75, 3.05) is 52.9 Å². The summed E-state index contributed by atoms with van der Waals surface area (Å²) in [6.07, 6.45) is -23.9. The first-order valence-electron chi connectivity index (χ1n) is 48.0. The van der Waals surface area contributed by atoms with E-state index in [1.807, 2.05) is 0 Å². The molecule has 6 heterocycles. The van der Waals surface area contributed by atoms with E-state index in [2.05, 4.69) is 47.3 Å². The molecule has 34 atom stereocenters. The number of aliphatic hydroxyl groups is 20. The van der Waals surface area contributed by atoms with E-state index in [1.54, 1.807) is 6.08 Å². The number of unbranched alkanes of at least 4 members (excludes halogenated alkanes) is 28. The van der Waals surface area contributed by atoms with Crippen LogP contribution in [-0.2, 0) is 85.6 Å². The molecular weight excluding hydrogens is 1780 g/mol. The number of nitrogens with one attached hydrogen (secondary N) is 4. The third kappa shape index (κ3) is 35.6. The van der Waals surface area contributed by atoms with Crippen molar-refractivity contribution in [3.8, 4) is 0 Å². The van der Waals surface area contributed by atoms with Crippen molar-refractivity contribution in [2.24, 2.45) is 0 Å². The molecule has 6 saturated heterocycles. The van der Waals surface area contributed by atoms with Crippen LogP contribution in [0.15, 0.2) is 24.3 Å². The van der Waals surface area contributed by atoms with E-state index in [9.17, 15) is 141 Å². The lowest BCUT2D eigenvalue weighted by Crippen LogP contribution is -2.72. The third-order valence-corrected chi connectivity index (χ3v) is 25.3. The van der Waals surface area contributed by atoms with Crippen molar-refractivity contribution in [1.82, 2.24) is 21.3 Å². The number of carboxylic acids is 2. The molecule has 6 rings (SSSR count). The zero-order chi connectivity index (χ0) is 98.8. The first-order chi connectivity index (χ1) is 64.1. The average molecular weight is 1940 g/mol. The van der Waals surface area contributed by atoms with Gasteiger partial charge in [-0.1, -0.05) is 192 Å². The predicted octanol–water partition coefficient (Wildman–Crippen LogP) is -2.78. The second-order valence-electron chi connectivity index (χ2n) is 36.0. The van der Waals surface area contributed by atoms with Gasteiger partial charge in [0, 0.05) is 33.1 Å². The van der Waals surface area contributed by atoms with Gasteiger partial charge < -0.3 is 190 Å². The Hall–Kier alpha value is -4.98. The minimum Gasteiger partial charge on any atom is -0.477 e. The molecule has 778 valence electrons. The Bertz CT molecular complexity index is 3380. The Morgan fingerprint density at radius 3 is 1.21 bits per heavy atom. The number of rotatable bonds is 65. The molecule has 44 heteroatoms. The highest BCUT2D eigenvalue weighted by Gasteiger charge is 2.64. The summed E-state index contributed by atoms with van der Waals surface area (Å²) in [7, 11) is 0. The summed E-state index contributed by atoms with van der Waals surface area (Å²) in [5, 5.41) is 257. The molecule has 134 heavy (non-hydrogen) atoms. The molecule has 0 radical (unpaired) electrons. The smallest absolute Gasteiger partial charge is 0.364 e. The van der Waals surface area contributed by atoms with E-state index in [-0.39, 0.29) is 6.42 Å². The Morgan fingerprint density at radius 2 is 0.769 bits per heavy atom. The topological polar surface area (TPSA) is 706 Å². The van der Waals surface area contributed by atoms with Gasteiger partial charge in [0.2, 0.25) is 23.6 Å². The van der Waals surface area contributed by atoms with Gasteiger partial charge in [-0.3, -0.25) is 19.2 Å². The zero-order valence-corrected chi connectivity index (χ0v) is 77.7. The van der Waals surface area contributed by atoms with Crippen molar-refractivity contribution in [1.29, 1.82) is 0 Å². The van der Waals surface area contributed by atoms with Crippen molar-refractivity contribution >= 4 is 35.6 Å². The Balaban J connectivity index is 1.26. The minimum absolute atomic E-state index is 0.0837. The van der Waals surface area contributed by atoms with Gasteiger partial charge in [0.05, 0.1) is 82.7 Å². The monoisotopic (exact) mass is 1940 g/mol. The van der Waals surface area contributed by atoms with Gasteiger partial charge in [-0.25, -0.2) is 9.59 Å². The molecule has 0 bridgehead atoms. The Labute approximate surface area is 782 Å². The number of aliphatic carboxylic acids is 2. The Kier molecular flexibility index (Phi) is 54.2. The second kappa shape index (κ2) is 61.7. The normalized spacial score (nSPS) is 34.0. The van der Waals surface area contributed by atoms with E-state index in [1.165, 1.54) is 109 Å². The standard InChI is InChI=1S/C90H158N4O40/c1-5-7-9-11-13-15-17-19-20-21-22-23-24-25-26-28-30-32-34-36-38-40-63(109)93-53(54(104)39-37-35-33-31-29-27-18-16-14-12-10-8-6-2)50-123-84-73(116)72(115)76(61(47-99)126-84)128-86-75(118)82(134-90(88(121)122)42-56(106)66(94-64(110)49-101)80(132-90)69(112)58(108)44-96)77(62(48-100)127-86)129-83-67(92-52(4)103)78(70(113)59(45-97)124-83)130-85-74(117)81(71(114)60(46-98)125-85)133-89(87(119)120)41-55(105)65(91-51(3)102)79(131-89)68(111)57(107)43-95/h19-20,37,39,53-62,65-86,95-101,104-108,111-118H,5-18,21-36,38,40-50H2,1-4H3,(H,91,102)(H,92,103)(H,93,109)(H,94,110)(H,119,120)(H,121,122)/b20-19-,39-37+/t53-,54+,55?,56?,57+,58+,59?,60?,61?,62?,65+,66+,67?,68+,69+,70-,71-,72+,73?,74?,75?,76+,77-,78+,79?,80?,81-,82+,83-,84+,85-,86-,89-,90-/m0/s1. The average Bonchev–Trinajstić information content (AvgIpc) is 0.730. The van der Waals surface area contributed by atoms with Gasteiger partial charge >= 0.3 is 11.9 Å². The van der Waals surface area contributed by atoms with Gasteiger partial charge in [-0.05, 0) is 44.9 Å². The molecule has 0 aromatic rings. The molecule has 0 aromatic carbocycles. The van der Waals surface area contributed by atoms with Crippen LogP contribution < -0.4 is 21.3 Å². The van der Waals surface area contributed by atoms with E-state index < -0.39 is 309 Å². The number of amides is 4. The maximum atomic E-state index is 14.1. The molecular formula is C90H158N4O40. The maximum absolute atomic E-state index is 14.1. The fourth-order valence-electron chi connectivity index (χ4n) is 17.7. The lowest BCUT2D eigenvalue weighted by atomic mass is 9.88. The summed E-state index contributed by atoms with van der Waals surface area (Å²) in [4.78, 5) is 79.9. The highest BCUT2D eigenvalue weighted by Crippen LogP contribution is 2.43. The maximum Gasteiger partial charge on any atom is 0.364 e. The summed E-state index contributed by atoms with van der Waals surface area (Å²) in [5.41, 5.74) is 0. The molecule has 6 aliphatic heterocycles. The van der Waals surface area contributed by atoms with E-state index in [4.69, 9.17) is 56.8 Å². The largest absolute Gasteiger partial charge is 0.477 e. The summed E-state index contributed by atoms with van der Waals surface area (Å²) < 4.78 is 72.4. The minimum atomic E-state index is -3.57. The number of aliphatic hydroxyl groups excluding tert-OH is 20. The van der Waals surface area contributed by atoms with Crippen LogP contribution in [0, 0.1) is 0 Å². The summed E-state index contributed by atoms with van der Waals surface area (Å²) >= 11 is 0. The molecule has 0 saturated carbocycles. The van der Waals surface area contributed by atoms with E-state index in [0.29, 0.717) is 12.8 Å². The molecule has 6 aliphatic rings. The van der Waals surface area contributed by atoms with Crippen LogP contribution in [0.1, 0.15) is 246 Å². The van der Waals surface area contributed by atoms with Gasteiger partial charge in [0.1, 0.15) is 141 Å². The number of hydrogen-bond donors (Lipinski definition) is 26. The first-order valence-corrected chi connectivity index (χ1v) is 48.0. The molecule has 0 spiro atoms. The van der Waals surface area contributed by atoms with Crippen molar-refractivity contribution < 1.29 is 198 Å². The van der Waals surface area contributed by atoms with Crippen LogP contribution in [0.3, 0.4) is 0 Å². The van der Waals surface area contributed by atoms with Crippen molar-refractivity contribution in [3.05, 3.63) is 24.3 Å². The number of carbonyl (C=O) groups is 6. The molecule has 44 nitrogen and oxygen atoms in total. The highest BCUT2D eigenvalue weighted by molar-refractivity contribution is 5.79. The van der Waals surface area contributed by atoms with Gasteiger partial charge in [-0.2, -0.15) is 0 Å². The molecule has 4 amide bonds. The fourth-order valence-corrected chi connectivity index (χ4v) is 17.7. The fraction of sp³-hybridized carbons (Fsp3) is 0.889. The molecule has 0 aromatic heterocycles. The first kappa shape index (κ1) is 118. The number of hydrogen-bond acceptors (Lipinski definition) is 38. The van der Waals surface area contributed by atoms with Gasteiger partial charge in [0.15, 0.2) is 25.2 Å². The SMILES string of the molecule is CCCCCCCC/C=C\CCCCCCCCCCCCCC(=O)N[C@@H](CO[C@@H]1OC(CO)[C@@H](O[C@@H]2OC(CO)[C@H](O[C@@H]3OC(CO)[C@H](O)[C@H](O[C@@H]4OC(CO)[C@H](O)[C@H](O[C@]5(C(=O)O)CC(O)[C@@H](NC(C)=O)C([C@H](O)[C@H](O)CO)O5)C4O)C3NC(C)=O)[C@H](O[C@]3(C(=O)O)CC(O)[C@@H](NC(=O)CO)C([C@H](O)[C@H](O)CO)O3)C2O)[C@H](O)C1O)[C@H](O)/C=C/CCCCCCCCCCCCC.